The van der Waals surface area contributed by atoms with Crippen molar-refractivity contribution in [3.63, 3.8) is 0 Å². The van der Waals surface area contributed by atoms with Crippen molar-refractivity contribution < 1.29 is 13.7 Å². The van der Waals surface area contributed by atoms with Gasteiger partial charge in [-0.1, -0.05) is 134 Å². The van der Waals surface area contributed by atoms with Gasteiger partial charge in [-0.15, -0.1) is 0 Å². The summed E-state index contributed by atoms with van der Waals surface area (Å²) in [6, 6.07) is 36.8. The Morgan fingerprint density at radius 3 is 1.67 bits per heavy atom. The van der Waals surface area contributed by atoms with Gasteiger partial charge in [0, 0.05) is 18.9 Å². The number of aromatic nitrogens is 2. The van der Waals surface area contributed by atoms with Crippen LogP contribution in [0.25, 0.3) is 71.6 Å². The van der Waals surface area contributed by atoms with Gasteiger partial charge in [-0.25, -0.2) is 4.98 Å². The van der Waals surface area contributed by atoms with E-state index < -0.39 is 19.3 Å². The van der Waals surface area contributed by atoms with Crippen LogP contribution in [0, 0.1) is 0 Å². The van der Waals surface area contributed by atoms with Crippen molar-refractivity contribution in [1.29, 1.82) is 0 Å². The Kier molecular flexibility index (Phi) is 4.08. The van der Waals surface area contributed by atoms with Gasteiger partial charge < -0.3 is 0 Å². The summed E-state index contributed by atoms with van der Waals surface area (Å²) < 4.78 is 83.7. The van der Waals surface area contributed by atoms with E-state index in [1.54, 1.807) is 34.9 Å². The molecule has 0 fully saturated rings. The van der Waals surface area contributed by atoms with Crippen LogP contribution in [0.4, 0.5) is 0 Å². The van der Waals surface area contributed by atoms with Crippen molar-refractivity contribution in [3.05, 3.63) is 157 Å². The molecule has 8 aromatic rings. The predicted molar refractivity (Wildman–Crippen MR) is 182 cm³/mol. The molecule has 8 rings (SSSR count). The number of hydrogen-bond donors (Lipinski definition) is 0. The molecule has 0 aliphatic carbocycles. The lowest BCUT2D eigenvalue weighted by molar-refractivity contribution is 0.908. The maximum atomic E-state index is 8.57. The second-order valence-corrected chi connectivity index (χ2v) is 10.3. The molecule has 0 saturated heterocycles. The molecule has 0 unspecified atom stereocenters. The number of imidazole rings is 1. The van der Waals surface area contributed by atoms with Gasteiger partial charge in [0.1, 0.15) is 5.82 Å². The third-order valence-electron chi connectivity index (χ3n) is 7.98. The SMILES string of the molecule is [2H]c1c([2H])c([2H])c(-c2ccc(-c3c4ccccc4c(-c4ccc(-n5c(C([2H])([2H])C([2H])([2H])[2H])nc6ccccc65)cc4)c4ccccc34)cc2)c([2H])c1[2H]. The lowest BCUT2D eigenvalue weighted by atomic mass is 9.85. The van der Waals surface area contributed by atoms with Gasteiger partial charge in [-0.05, 0) is 79.2 Å². The summed E-state index contributed by atoms with van der Waals surface area (Å²) in [5, 5.41) is 3.98. The lowest BCUT2D eigenvalue weighted by Crippen LogP contribution is -2.00. The molecule has 0 amide bonds. The molecule has 0 spiro atoms. The van der Waals surface area contributed by atoms with Crippen molar-refractivity contribution in [2.24, 2.45) is 0 Å². The Morgan fingerprint density at radius 2 is 1.09 bits per heavy atom. The Balaban J connectivity index is 1.28. The van der Waals surface area contributed by atoms with Gasteiger partial charge in [-0.2, -0.15) is 0 Å². The molecule has 0 aliphatic heterocycles. The number of rotatable bonds is 5. The molecule has 0 radical (unpaired) electrons. The quantitative estimate of drug-likeness (QED) is 0.191. The Hall–Kier alpha value is -5.47. The summed E-state index contributed by atoms with van der Waals surface area (Å²) >= 11 is 0. The van der Waals surface area contributed by atoms with Crippen molar-refractivity contribution in [2.75, 3.05) is 0 Å². The highest BCUT2D eigenvalue weighted by Gasteiger charge is 2.17. The van der Waals surface area contributed by atoms with Crippen LogP contribution in [0.15, 0.2) is 152 Å². The Bertz CT molecular complexity index is 2650. The van der Waals surface area contributed by atoms with E-state index in [9.17, 15) is 0 Å². The minimum absolute atomic E-state index is 0.154. The first-order chi connectivity index (χ1) is 25.3. The van der Waals surface area contributed by atoms with Crippen LogP contribution in [-0.2, 0) is 6.37 Å². The molecule has 2 nitrogen and oxygen atoms in total. The molecule has 0 saturated carbocycles. The van der Waals surface area contributed by atoms with Gasteiger partial charge >= 0.3 is 0 Å². The number of fused-ring (bicyclic) bond motifs is 3. The molecule has 0 aliphatic rings. The van der Waals surface area contributed by atoms with Crippen LogP contribution in [0.3, 0.4) is 0 Å². The van der Waals surface area contributed by atoms with Crippen molar-refractivity contribution in [2.45, 2.75) is 13.2 Å². The van der Waals surface area contributed by atoms with Crippen LogP contribution >= 0.6 is 0 Å². The smallest absolute Gasteiger partial charge is 0.114 e. The number of benzene rings is 7. The number of hydrogen-bond acceptors (Lipinski definition) is 1. The zero-order valence-electron chi connectivity index (χ0n) is 32.9. The number of aryl methyl sites for hydroxylation is 1. The zero-order chi connectivity index (χ0) is 37.4. The lowest BCUT2D eigenvalue weighted by Gasteiger charge is -2.18. The zero-order valence-corrected chi connectivity index (χ0v) is 22.9. The molecular formula is C41H30N2. The second-order valence-electron chi connectivity index (χ2n) is 10.3. The molecule has 1 aromatic heterocycles. The molecule has 7 aromatic carbocycles. The molecule has 0 N–H and O–H groups in total. The van der Waals surface area contributed by atoms with Crippen LogP contribution in [-0.4, -0.2) is 9.55 Å². The van der Waals surface area contributed by atoms with Crippen molar-refractivity contribution in [1.82, 2.24) is 9.55 Å². The summed E-state index contributed by atoms with van der Waals surface area (Å²) in [5.74, 6) is -0.190. The first kappa shape index (κ1) is 16.8. The minimum Gasteiger partial charge on any atom is -0.296 e. The van der Waals surface area contributed by atoms with E-state index >= 15 is 0 Å². The highest BCUT2D eigenvalue weighted by atomic mass is 15.1. The highest BCUT2D eigenvalue weighted by molar-refractivity contribution is 6.21. The molecule has 2 heteroatoms. The van der Waals surface area contributed by atoms with Crippen molar-refractivity contribution >= 4 is 32.6 Å². The Labute approximate surface area is 265 Å². The second kappa shape index (κ2) is 10.4. The van der Waals surface area contributed by atoms with Crippen LogP contribution in [0.5, 0.6) is 0 Å². The fraction of sp³-hybridized carbons (Fsp3) is 0.0488. The van der Waals surface area contributed by atoms with Gasteiger partial charge in [-0.3, -0.25) is 4.57 Å². The van der Waals surface area contributed by atoms with Crippen LogP contribution in [0.1, 0.15) is 26.4 Å². The highest BCUT2D eigenvalue weighted by Crippen LogP contribution is 2.44. The first-order valence-corrected chi connectivity index (χ1v) is 14.0. The monoisotopic (exact) mass is 560 g/mol. The standard InChI is InChI=1S/C41H30N2/c1-2-39-42-37-18-10-11-19-38(37)43(39)32-26-24-31(25-27-32)41-35-16-8-6-14-33(35)40(34-15-7-9-17-36(34)41)30-22-20-29(21-23-30)28-12-4-3-5-13-28/h3-27H,2H2,1H3/i1D3,2D2,3D,4D,5D,12D,13D. The van der Waals surface area contributed by atoms with E-state index in [1.807, 2.05) is 66.7 Å². The van der Waals surface area contributed by atoms with Gasteiger partial charge in [0.15, 0.2) is 0 Å². The van der Waals surface area contributed by atoms with Gasteiger partial charge in [0.2, 0.25) is 0 Å². The largest absolute Gasteiger partial charge is 0.296 e. The average molecular weight is 561 g/mol. The third kappa shape index (κ3) is 4.23. The van der Waals surface area contributed by atoms with E-state index in [0.29, 0.717) is 22.3 Å². The van der Waals surface area contributed by atoms with E-state index in [1.165, 1.54) is 0 Å². The molecule has 204 valence electrons. The summed E-state index contributed by atoms with van der Waals surface area (Å²) in [6.45, 7) is -2.94. The fourth-order valence-electron chi connectivity index (χ4n) is 6.10. The van der Waals surface area contributed by atoms with Gasteiger partial charge in [0.25, 0.3) is 0 Å². The predicted octanol–water partition coefficient (Wildman–Crippen LogP) is 10.9. The topological polar surface area (TPSA) is 17.8 Å². The maximum Gasteiger partial charge on any atom is 0.114 e. The van der Waals surface area contributed by atoms with Crippen LogP contribution < -0.4 is 0 Å². The fourth-order valence-corrected chi connectivity index (χ4v) is 6.10. The summed E-state index contributed by atoms with van der Waals surface area (Å²) in [6.07, 6.45) is -2.71. The summed E-state index contributed by atoms with van der Waals surface area (Å²) in [5.41, 5.74) is 6.15. The molecule has 43 heavy (non-hydrogen) atoms. The first-order valence-electron chi connectivity index (χ1n) is 19.0. The molecule has 1 heterocycles. The normalized spacial score (nSPS) is 15.4. The summed E-state index contributed by atoms with van der Waals surface area (Å²) in [7, 11) is 0. The minimum atomic E-state index is -2.94. The van der Waals surface area contributed by atoms with E-state index in [2.05, 4.69) is 29.2 Å². The van der Waals surface area contributed by atoms with E-state index in [4.69, 9.17) is 13.7 Å². The van der Waals surface area contributed by atoms with Gasteiger partial charge in [0.05, 0.1) is 17.9 Å². The molecule has 0 atom stereocenters. The van der Waals surface area contributed by atoms with E-state index in [-0.39, 0.29) is 35.6 Å². The van der Waals surface area contributed by atoms with E-state index in [0.717, 1.165) is 43.8 Å². The number of nitrogens with zero attached hydrogens (tertiary/aromatic N) is 2. The average Bonchev–Trinajstić information content (AvgIpc) is 3.56. The third-order valence-corrected chi connectivity index (χ3v) is 7.98. The Morgan fingerprint density at radius 1 is 0.581 bits per heavy atom. The van der Waals surface area contributed by atoms with Crippen molar-refractivity contribution in [3.8, 4) is 39.1 Å². The number of para-hydroxylation sites is 2. The van der Waals surface area contributed by atoms with Crippen LogP contribution in [0.2, 0.25) is 0 Å². The molecule has 0 bridgehead atoms. The summed E-state index contributed by atoms with van der Waals surface area (Å²) in [4.78, 5) is 4.46. The maximum absolute atomic E-state index is 8.57. The molecular weight excluding hydrogens is 520 g/mol.